The van der Waals surface area contributed by atoms with E-state index in [1.807, 2.05) is 30.3 Å². The maximum absolute atomic E-state index is 12.3. The lowest BCUT2D eigenvalue weighted by molar-refractivity contribution is -0.124. The highest BCUT2D eigenvalue weighted by atomic mass is 16.5. The minimum Gasteiger partial charge on any atom is -0.493 e. The van der Waals surface area contributed by atoms with Crippen LogP contribution in [0.3, 0.4) is 0 Å². The number of nitrogens with one attached hydrogen (secondary N) is 1. The monoisotopic (exact) mass is 389 g/mol. The molecule has 0 radical (unpaired) electrons. The van der Waals surface area contributed by atoms with Crippen LogP contribution in [0.4, 0.5) is 0 Å². The van der Waals surface area contributed by atoms with E-state index in [0.29, 0.717) is 18.1 Å². The molecule has 0 aliphatic carbocycles. The first kappa shape index (κ1) is 20.9. The van der Waals surface area contributed by atoms with Crippen LogP contribution in [0.15, 0.2) is 42.5 Å². The van der Waals surface area contributed by atoms with Crippen LogP contribution in [-0.4, -0.2) is 53.0 Å². The maximum atomic E-state index is 12.3. The van der Waals surface area contributed by atoms with Gasteiger partial charge in [-0.1, -0.05) is 18.2 Å². The molecule has 0 heterocycles. The largest absolute Gasteiger partial charge is 0.493 e. The third-order valence-electron chi connectivity index (χ3n) is 3.69. The van der Waals surface area contributed by atoms with Crippen molar-refractivity contribution in [3.63, 3.8) is 0 Å². The predicted octanol–water partition coefficient (Wildman–Crippen LogP) is 2.06. The van der Waals surface area contributed by atoms with Crippen LogP contribution in [0.5, 0.6) is 23.0 Å². The molecule has 0 unspecified atom stereocenters. The van der Waals surface area contributed by atoms with E-state index in [-0.39, 0.29) is 23.6 Å². The Morgan fingerprint density at radius 3 is 2.25 bits per heavy atom. The molecule has 150 valence electrons. The normalized spacial score (nSPS) is 9.96. The molecule has 0 bridgehead atoms. The number of benzene rings is 2. The Balaban J connectivity index is 1.83. The number of carbonyl (C=O) groups excluding carboxylic acids is 2. The molecule has 2 aromatic rings. The highest BCUT2D eigenvalue weighted by molar-refractivity contribution is 5.95. The van der Waals surface area contributed by atoms with Crippen molar-refractivity contribution >= 4 is 11.9 Å². The van der Waals surface area contributed by atoms with Gasteiger partial charge < -0.3 is 29.0 Å². The molecule has 0 aliphatic rings. The summed E-state index contributed by atoms with van der Waals surface area (Å²) >= 11 is 0. The number of amides is 1. The fraction of sp³-hybridized carbons (Fsp3) is 0.300. The number of carbonyl (C=O) groups is 2. The number of rotatable bonds is 10. The van der Waals surface area contributed by atoms with Gasteiger partial charge in [0.05, 0.1) is 27.9 Å². The van der Waals surface area contributed by atoms with Crippen molar-refractivity contribution in [2.75, 3.05) is 41.1 Å². The molecular weight excluding hydrogens is 366 g/mol. The second-order valence-electron chi connectivity index (χ2n) is 5.47. The molecule has 28 heavy (non-hydrogen) atoms. The third-order valence-corrected chi connectivity index (χ3v) is 3.69. The third kappa shape index (κ3) is 5.54. The first-order valence-corrected chi connectivity index (χ1v) is 8.51. The van der Waals surface area contributed by atoms with Gasteiger partial charge >= 0.3 is 5.97 Å². The topological polar surface area (TPSA) is 92.3 Å². The van der Waals surface area contributed by atoms with Gasteiger partial charge in [0.15, 0.2) is 18.1 Å². The first-order valence-electron chi connectivity index (χ1n) is 8.51. The minimum absolute atomic E-state index is 0.125. The van der Waals surface area contributed by atoms with E-state index in [2.05, 4.69) is 5.32 Å². The summed E-state index contributed by atoms with van der Waals surface area (Å²) in [5.41, 5.74) is 0.125. The Morgan fingerprint density at radius 2 is 1.61 bits per heavy atom. The molecule has 0 fully saturated rings. The SMILES string of the molecule is COc1ccc(C(=O)OCC(=O)NCCOc2ccccc2)c(OC)c1OC. The zero-order valence-electron chi connectivity index (χ0n) is 16.0. The zero-order chi connectivity index (χ0) is 20.4. The summed E-state index contributed by atoms with van der Waals surface area (Å²) in [5, 5.41) is 2.61. The molecule has 0 saturated heterocycles. The van der Waals surface area contributed by atoms with Crippen molar-refractivity contribution in [1.29, 1.82) is 0 Å². The Morgan fingerprint density at radius 1 is 0.893 bits per heavy atom. The Hall–Kier alpha value is -3.42. The van der Waals surface area contributed by atoms with Gasteiger partial charge in [-0.3, -0.25) is 4.79 Å². The molecule has 8 nitrogen and oxygen atoms in total. The molecule has 1 N–H and O–H groups in total. The molecule has 2 aromatic carbocycles. The molecule has 2 rings (SSSR count). The second kappa shape index (κ2) is 10.7. The number of ether oxygens (including phenoxy) is 5. The number of para-hydroxylation sites is 1. The summed E-state index contributed by atoms with van der Waals surface area (Å²) in [6.45, 7) is 0.153. The van der Waals surface area contributed by atoms with Gasteiger partial charge in [-0.25, -0.2) is 4.79 Å². The minimum atomic E-state index is -0.714. The predicted molar refractivity (Wildman–Crippen MR) is 101 cm³/mol. The van der Waals surface area contributed by atoms with Gasteiger partial charge in [0.2, 0.25) is 5.75 Å². The molecule has 0 saturated carbocycles. The highest BCUT2D eigenvalue weighted by Gasteiger charge is 2.22. The van der Waals surface area contributed by atoms with Crippen LogP contribution in [0.2, 0.25) is 0 Å². The Kier molecular flexibility index (Phi) is 7.95. The summed E-state index contributed by atoms with van der Waals surface area (Å²) in [5.74, 6) is 0.402. The van der Waals surface area contributed by atoms with E-state index >= 15 is 0 Å². The number of methoxy groups -OCH3 is 3. The smallest absolute Gasteiger partial charge is 0.342 e. The molecule has 1 amide bonds. The van der Waals surface area contributed by atoms with Crippen LogP contribution in [0.1, 0.15) is 10.4 Å². The Bertz CT molecular complexity index is 793. The lowest BCUT2D eigenvalue weighted by Crippen LogP contribution is -2.32. The van der Waals surface area contributed by atoms with Gasteiger partial charge in [-0.05, 0) is 24.3 Å². The second-order valence-corrected chi connectivity index (χ2v) is 5.47. The summed E-state index contributed by atoms with van der Waals surface area (Å²) in [7, 11) is 4.30. The summed E-state index contributed by atoms with van der Waals surface area (Å²) in [4.78, 5) is 24.2. The van der Waals surface area contributed by atoms with Gasteiger partial charge in [0, 0.05) is 0 Å². The van der Waals surface area contributed by atoms with Crippen molar-refractivity contribution in [1.82, 2.24) is 5.32 Å². The average molecular weight is 389 g/mol. The molecular formula is C20H23NO7. The number of hydrogen-bond donors (Lipinski definition) is 1. The van der Waals surface area contributed by atoms with E-state index in [9.17, 15) is 9.59 Å². The van der Waals surface area contributed by atoms with E-state index in [0.717, 1.165) is 0 Å². The molecule has 0 aliphatic heterocycles. The van der Waals surface area contributed by atoms with Crippen molar-refractivity contribution in [2.24, 2.45) is 0 Å². The van der Waals surface area contributed by atoms with Crippen LogP contribution in [0, 0.1) is 0 Å². The number of hydrogen-bond acceptors (Lipinski definition) is 7. The lowest BCUT2D eigenvalue weighted by atomic mass is 10.1. The van der Waals surface area contributed by atoms with Crippen molar-refractivity contribution in [3.8, 4) is 23.0 Å². The quantitative estimate of drug-likeness (QED) is 0.491. The van der Waals surface area contributed by atoms with Gasteiger partial charge in [0.25, 0.3) is 5.91 Å². The molecule has 8 heteroatoms. The first-order chi connectivity index (χ1) is 13.6. The Labute approximate surface area is 163 Å². The fourth-order valence-corrected chi connectivity index (χ4v) is 2.40. The fourth-order valence-electron chi connectivity index (χ4n) is 2.40. The summed E-state index contributed by atoms with van der Waals surface area (Å²) in [6, 6.07) is 12.3. The zero-order valence-corrected chi connectivity index (χ0v) is 16.0. The van der Waals surface area contributed by atoms with E-state index in [1.54, 1.807) is 6.07 Å². The van der Waals surface area contributed by atoms with Crippen LogP contribution in [0.25, 0.3) is 0 Å². The molecule has 0 spiro atoms. The van der Waals surface area contributed by atoms with Gasteiger partial charge in [-0.15, -0.1) is 0 Å². The van der Waals surface area contributed by atoms with Gasteiger partial charge in [0.1, 0.15) is 17.9 Å². The van der Waals surface area contributed by atoms with Crippen LogP contribution < -0.4 is 24.3 Å². The van der Waals surface area contributed by atoms with E-state index < -0.39 is 18.5 Å². The summed E-state index contributed by atoms with van der Waals surface area (Å²) in [6.07, 6.45) is 0. The highest BCUT2D eigenvalue weighted by Crippen LogP contribution is 2.39. The standard InChI is InChI=1S/C20H23NO7/c1-24-16-10-9-15(18(25-2)19(16)26-3)20(23)28-13-17(22)21-11-12-27-14-7-5-4-6-8-14/h4-10H,11-13H2,1-3H3,(H,21,22). The summed E-state index contributed by atoms with van der Waals surface area (Å²) < 4.78 is 26.1. The number of esters is 1. The van der Waals surface area contributed by atoms with Crippen molar-refractivity contribution < 1.29 is 33.3 Å². The van der Waals surface area contributed by atoms with E-state index in [4.69, 9.17) is 23.7 Å². The molecule has 0 aromatic heterocycles. The maximum Gasteiger partial charge on any atom is 0.342 e. The molecule has 0 atom stereocenters. The van der Waals surface area contributed by atoms with E-state index in [1.165, 1.54) is 27.4 Å². The van der Waals surface area contributed by atoms with Crippen molar-refractivity contribution in [3.05, 3.63) is 48.0 Å². The van der Waals surface area contributed by atoms with Crippen molar-refractivity contribution in [2.45, 2.75) is 0 Å². The average Bonchev–Trinajstić information content (AvgIpc) is 2.74. The van der Waals surface area contributed by atoms with Gasteiger partial charge in [-0.2, -0.15) is 0 Å². The van der Waals surface area contributed by atoms with Crippen LogP contribution >= 0.6 is 0 Å². The lowest BCUT2D eigenvalue weighted by Gasteiger charge is -2.15. The van der Waals surface area contributed by atoms with Crippen LogP contribution in [-0.2, 0) is 9.53 Å².